The predicted octanol–water partition coefficient (Wildman–Crippen LogP) is 5.24. The molecule has 2 N–H and O–H groups in total. The van der Waals surface area contributed by atoms with Crippen LogP contribution in [0.4, 0.5) is 5.69 Å². The molecule has 0 unspecified atom stereocenters. The molecule has 7 nitrogen and oxygen atoms in total. The summed E-state index contributed by atoms with van der Waals surface area (Å²) < 4.78 is 11.7. The molecule has 0 aliphatic heterocycles. The summed E-state index contributed by atoms with van der Waals surface area (Å²) in [5.74, 6) is -0.617. The maximum absolute atomic E-state index is 12.2. The number of carbonyl (C=O) groups is 2. The number of nitrogens with one attached hydrogen (secondary N) is 1. The van der Waals surface area contributed by atoms with Crippen LogP contribution < -0.4 is 14.8 Å². The number of allylic oxidation sites excluding steroid dienone is 1. The highest BCUT2D eigenvalue weighted by Gasteiger charge is 2.13. The summed E-state index contributed by atoms with van der Waals surface area (Å²) in [5, 5.41) is 21.4. The highest BCUT2D eigenvalue weighted by Crippen LogP contribution is 2.35. The van der Waals surface area contributed by atoms with E-state index in [9.17, 15) is 14.9 Å². The number of anilines is 1. The molecule has 0 aromatic heterocycles. The second kappa shape index (κ2) is 11.0. The van der Waals surface area contributed by atoms with Gasteiger partial charge in [-0.05, 0) is 53.6 Å². The van der Waals surface area contributed by atoms with E-state index >= 15 is 0 Å². The SMILES string of the molecule is COc1cc(/C=C(/C#N)c2ccc(C(=O)O)cc2)c(Br)cc1OCC(=O)Nc1ccccc1. The average molecular weight is 507 g/mol. The van der Waals surface area contributed by atoms with Crippen molar-refractivity contribution in [3.05, 3.63) is 87.9 Å². The fraction of sp³-hybridized carbons (Fsp3) is 0.0800. The molecule has 0 saturated heterocycles. The quantitative estimate of drug-likeness (QED) is 0.319. The molecule has 0 heterocycles. The Bertz CT molecular complexity index is 1230. The van der Waals surface area contributed by atoms with Gasteiger partial charge in [0, 0.05) is 10.2 Å². The van der Waals surface area contributed by atoms with Crippen molar-refractivity contribution >= 4 is 45.1 Å². The van der Waals surface area contributed by atoms with Crippen molar-refractivity contribution in [2.24, 2.45) is 0 Å². The molecule has 3 rings (SSSR count). The van der Waals surface area contributed by atoms with Crippen LogP contribution in [0.3, 0.4) is 0 Å². The summed E-state index contributed by atoms with van der Waals surface area (Å²) in [6, 6.07) is 20.5. The normalized spacial score (nSPS) is 10.8. The van der Waals surface area contributed by atoms with Gasteiger partial charge in [-0.25, -0.2) is 4.79 Å². The maximum atomic E-state index is 12.2. The molecule has 0 saturated carbocycles. The Morgan fingerprint density at radius 1 is 1.06 bits per heavy atom. The number of benzene rings is 3. The lowest BCUT2D eigenvalue weighted by Gasteiger charge is -2.13. The number of halogens is 1. The van der Waals surface area contributed by atoms with Crippen LogP contribution in [0.15, 0.2) is 71.2 Å². The monoisotopic (exact) mass is 506 g/mol. The number of carbonyl (C=O) groups excluding carboxylic acids is 1. The maximum Gasteiger partial charge on any atom is 0.335 e. The molecule has 0 spiro atoms. The molecule has 0 fully saturated rings. The lowest BCUT2D eigenvalue weighted by atomic mass is 10.0. The van der Waals surface area contributed by atoms with E-state index in [0.29, 0.717) is 38.4 Å². The Hall–Kier alpha value is -4.09. The van der Waals surface area contributed by atoms with E-state index in [4.69, 9.17) is 14.6 Å². The Morgan fingerprint density at radius 2 is 1.73 bits per heavy atom. The summed E-state index contributed by atoms with van der Waals surface area (Å²) in [6.07, 6.45) is 1.65. The number of methoxy groups -OCH3 is 1. The second-order valence-electron chi connectivity index (χ2n) is 6.78. The van der Waals surface area contributed by atoms with Crippen LogP contribution in [0.2, 0.25) is 0 Å². The van der Waals surface area contributed by atoms with Gasteiger partial charge in [0.2, 0.25) is 0 Å². The lowest BCUT2D eigenvalue weighted by molar-refractivity contribution is -0.118. The van der Waals surface area contributed by atoms with Gasteiger partial charge in [-0.2, -0.15) is 5.26 Å². The van der Waals surface area contributed by atoms with E-state index in [0.717, 1.165) is 0 Å². The molecule has 0 aliphatic carbocycles. The fourth-order valence-electron chi connectivity index (χ4n) is 2.92. The zero-order valence-electron chi connectivity index (χ0n) is 17.5. The van der Waals surface area contributed by atoms with E-state index in [-0.39, 0.29) is 18.1 Å². The average Bonchev–Trinajstić information content (AvgIpc) is 2.82. The van der Waals surface area contributed by atoms with Crippen LogP contribution in [-0.4, -0.2) is 30.7 Å². The van der Waals surface area contributed by atoms with Gasteiger partial charge in [0.05, 0.1) is 24.3 Å². The van der Waals surface area contributed by atoms with Crippen LogP contribution >= 0.6 is 15.9 Å². The number of hydrogen-bond donors (Lipinski definition) is 2. The largest absolute Gasteiger partial charge is 0.493 e. The van der Waals surface area contributed by atoms with E-state index < -0.39 is 5.97 Å². The van der Waals surface area contributed by atoms with Crippen LogP contribution in [0.5, 0.6) is 11.5 Å². The minimum Gasteiger partial charge on any atom is -0.493 e. The summed E-state index contributed by atoms with van der Waals surface area (Å²) in [5.41, 5.74) is 2.36. The first-order valence-electron chi connectivity index (χ1n) is 9.72. The van der Waals surface area contributed by atoms with Crippen LogP contribution in [0.25, 0.3) is 11.6 Å². The Labute approximate surface area is 199 Å². The molecule has 1 amide bonds. The van der Waals surface area contributed by atoms with Crippen molar-refractivity contribution in [3.8, 4) is 17.6 Å². The predicted molar refractivity (Wildman–Crippen MR) is 128 cm³/mol. The topological polar surface area (TPSA) is 109 Å². The van der Waals surface area contributed by atoms with Gasteiger partial charge < -0.3 is 19.9 Å². The van der Waals surface area contributed by atoms with Crippen molar-refractivity contribution in [2.45, 2.75) is 0 Å². The molecular weight excluding hydrogens is 488 g/mol. The van der Waals surface area contributed by atoms with Gasteiger partial charge >= 0.3 is 5.97 Å². The van der Waals surface area contributed by atoms with E-state index in [1.165, 1.54) is 19.2 Å². The molecular formula is C25H19BrN2O5. The Kier molecular flexibility index (Phi) is 7.84. The standard InChI is InChI=1S/C25H19BrN2O5/c1-32-22-12-18(11-19(14-27)16-7-9-17(10-8-16)25(30)31)21(26)13-23(22)33-15-24(29)28-20-5-3-2-4-6-20/h2-13H,15H2,1H3,(H,28,29)(H,30,31)/b19-11-. The van der Waals surface area contributed by atoms with Gasteiger partial charge in [-0.3, -0.25) is 4.79 Å². The number of aromatic carboxylic acids is 1. The molecule has 0 radical (unpaired) electrons. The summed E-state index contributed by atoms with van der Waals surface area (Å²) in [7, 11) is 1.48. The molecule has 166 valence electrons. The molecule has 8 heteroatoms. The van der Waals surface area contributed by atoms with Gasteiger partial charge in [0.1, 0.15) is 0 Å². The first kappa shape index (κ1) is 23.6. The third kappa shape index (κ3) is 6.21. The number of nitriles is 1. The number of carboxylic acids is 1. The number of para-hydroxylation sites is 1. The third-order valence-corrected chi connectivity index (χ3v) is 5.25. The summed E-state index contributed by atoms with van der Waals surface area (Å²) in [4.78, 5) is 23.2. The zero-order chi connectivity index (χ0) is 23.8. The molecule has 0 atom stereocenters. The minimum atomic E-state index is -1.04. The fourth-order valence-corrected chi connectivity index (χ4v) is 3.36. The molecule has 0 bridgehead atoms. The Balaban J connectivity index is 1.79. The summed E-state index contributed by atoms with van der Waals surface area (Å²) in [6.45, 7) is -0.216. The zero-order valence-corrected chi connectivity index (χ0v) is 19.1. The van der Waals surface area contributed by atoms with Crippen molar-refractivity contribution in [1.82, 2.24) is 0 Å². The van der Waals surface area contributed by atoms with Crippen molar-refractivity contribution < 1.29 is 24.2 Å². The van der Waals surface area contributed by atoms with E-state index in [2.05, 4.69) is 27.3 Å². The van der Waals surface area contributed by atoms with Crippen LogP contribution in [0, 0.1) is 11.3 Å². The van der Waals surface area contributed by atoms with E-state index in [1.54, 1.807) is 42.5 Å². The molecule has 33 heavy (non-hydrogen) atoms. The lowest BCUT2D eigenvalue weighted by Crippen LogP contribution is -2.20. The number of ether oxygens (including phenoxy) is 2. The number of rotatable bonds is 8. The van der Waals surface area contributed by atoms with Gasteiger partial charge in [-0.15, -0.1) is 0 Å². The highest BCUT2D eigenvalue weighted by molar-refractivity contribution is 9.10. The minimum absolute atomic E-state index is 0.136. The molecule has 0 aliphatic rings. The van der Waals surface area contributed by atoms with Crippen molar-refractivity contribution in [1.29, 1.82) is 5.26 Å². The van der Waals surface area contributed by atoms with E-state index in [1.807, 2.05) is 18.2 Å². The first-order valence-corrected chi connectivity index (χ1v) is 10.5. The highest BCUT2D eigenvalue weighted by atomic mass is 79.9. The first-order chi connectivity index (χ1) is 15.9. The van der Waals surface area contributed by atoms with Crippen molar-refractivity contribution in [3.63, 3.8) is 0 Å². The molecule has 3 aromatic carbocycles. The number of carboxylic acid groups (broad SMARTS) is 1. The summed E-state index contributed by atoms with van der Waals surface area (Å²) >= 11 is 3.46. The number of hydrogen-bond acceptors (Lipinski definition) is 5. The second-order valence-corrected chi connectivity index (χ2v) is 7.63. The van der Waals surface area contributed by atoms with Crippen LogP contribution in [0.1, 0.15) is 21.5 Å². The smallest absolute Gasteiger partial charge is 0.335 e. The third-order valence-electron chi connectivity index (χ3n) is 4.56. The van der Waals surface area contributed by atoms with Crippen molar-refractivity contribution in [2.75, 3.05) is 19.0 Å². The van der Waals surface area contributed by atoms with Gasteiger partial charge in [-0.1, -0.05) is 46.3 Å². The van der Waals surface area contributed by atoms with Gasteiger partial charge in [0.15, 0.2) is 18.1 Å². The Morgan fingerprint density at radius 3 is 2.33 bits per heavy atom. The number of amides is 1. The number of nitrogens with zero attached hydrogens (tertiary/aromatic N) is 1. The van der Waals surface area contributed by atoms with Crippen LogP contribution in [-0.2, 0) is 4.79 Å². The van der Waals surface area contributed by atoms with Gasteiger partial charge in [0.25, 0.3) is 5.91 Å². The molecule has 3 aromatic rings.